The van der Waals surface area contributed by atoms with Crippen molar-refractivity contribution in [2.45, 2.75) is 39.3 Å². The molecule has 29 heavy (non-hydrogen) atoms. The number of benzene rings is 1. The van der Waals surface area contributed by atoms with E-state index in [9.17, 15) is 14.4 Å². The Hall–Kier alpha value is -3.16. The van der Waals surface area contributed by atoms with Crippen molar-refractivity contribution in [3.63, 3.8) is 0 Å². The van der Waals surface area contributed by atoms with Gasteiger partial charge in [0.2, 0.25) is 0 Å². The van der Waals surface area contributed by atoms with E-state index in [0.29, 0.717) is 25.0 Å². The fraction of sp³-hybridized carbons (Fsp3) is 0.429. The number of amides is 1. The lowest BCUT2D eigenvalue weighted by atomic mass is 10.2. The van der Waals surface area contributed by atoms with Crippen LogP contribution in [-0.2, 0) is 16.1 Å². The van der Waals surface area contributed by atoms with Gasteiger partial charge in [-0.25, -0.2) is 9.31 Å². The summed E-state index contributed by atoms with van der Waals surface area (Å²) in [4.78, 5) is 39.8. The highest BCUT2D eigenvalue weighted by atomic mass is 16.5. The molecule has 4 rings (SSSR count). The Balaban J connectivity index is 1.85. The standard InChI is InChI=1S/C21H24N4O4/c1-13(2)12-24-15-7-4-5-8-16(15)25-18(20(24)27)11-14(22-25)19(26)23-10-6-9-17(23)21(28)29-3/h4-5,7-8,11,13,17H,6,9-10,12H2,1-3H3/t17-/m1/s1. The topological polar surface area (TPSA) is 85.9 Å². The minimum atomic E-state index is -0.605. The number of methoxy groups -OCH3 is 1. The van der Waals surface area contributed by atoms with Crippen LogP contribution in [0, 0.1) is 5.92 Å². The molecule has 3 aromatic rings. The number of rotatable bonds is 4. The van der Waals surface area contributed by atoms with Gasteiger partial charge in [-0.1, -0.05) is 26.0 Å². The van der Waals surface area contributed by atoms with E-state index < -0.39 is 12.0 Å². The average molecular weight is 396 g/mol. The van der Waals surface area contributed by atoms with E-state index in [4.69, 9.17) is 4.74 Å². The van der Waals surface area contributed by atoms with E-state index in [0.717, 1.165) is 17.5 Å². The van der Waals surface area contributed by atoms with E-state index in [1.54, 1.807) is 4.57 Å². The summed E-state index contributed by atoms with van der Waals surface area (Å²) < 4.78 is 8.09. The maximum absolute atomic E-state index is 13.2. The second-order valence-electron chi connectivity index (χ2n) is 7.80. The lowest BCUT2D eigenvalue weighted by Crippen LogP contribution is -2.41. The van der Waals surface area contributed by atoms with Crippen molar-refractivity contribution in [3.8, 4) is 0 Å². The molecule has 8 nitrogen and oxygen atoms in total. The largest absolute Gasteiger partial charge is 0.467 e. The average Bonchev–Trinajstić information content (AvgIpc) is 3.37. The summed E-state index contributed by atoms with van der Waals surface area (Å²) in [6.45, 7) is 5.14. The quantitative estimate of drug-likeness (QED) is 0.631. The number of carbonyl (C=O) groups excluding carboxylic acids is 2. The number of nitrogens with zero attached hydrogens (tertiary/aromatic N) is 4. The highest BCUT2D eigenvalue weighted by Crippen LogP contribution is 2.22. The fourth-order valence-corrected chi connectivity index (χ4v) is 4.03. The van der Waals surface area contributed by atoms with Gasteiger partial charge in [-0.15, -0.1) is 0 Å². The van der Waals surface area contributed by atoms with Crippen molar-refractivity contribution in [1.82, 2.24) is 19.1 Å². The minimum Gasteiger partial charge on any atom is -0.467 e. The van der Waals surface area contributed by atoms with E-state index in [-0.39, 0.29) is 23.1 Å². The van der Waals surface area contributed by atoms with E-state index in [1.165, 1.54) is 22.6 Å². The number of para-hydroxylation sites is 2. The predicted octanol–water partition coefficient (Wildman–Crippen LogP) is 2.08. The van der Waals surface area contributed by atoms with Crippen molar-refractivity contribution in [3.05, 3.63) is 46.4 Å². The van der Waals surface area contributed by atoms with Crippen molar-refractivity contribution in [2.75, 3.05) is 13.7 Å². The number of carbonyl (C=O) groups is 2. The summed E-state index contributed by atoms with van der Waals surface area (Å²) in [6, 6.07) is 8.45. The van der Waals surface area contributed by atoms with Gasteiger partial charge in [-0.2, -0.15) is 5.10 Å². The summed E-state index contributed by atoms with van der Waals surface area (Å²) >= 11 is 0. The molecule has 0 saturated carbocycles. The second kappa shape index (κ2) is 7.35. The molecule has 1 atom stereocenters. The molecule has 1 aromatic carbocycles. The fourth-order valence-electron chi connectivity index (χ4n) is 4.03. The summed E-state index contributed by atoms with van der Waals surface area (Å²) in [5.41, 5.74) is 1.85. The van der Waals surface area contributed by atoms with E-state index >= 15 is 0 Å². The van der Waals surface area contributed by atoms with Gasteiger partial charge in [-0.05, 0) is 30.9 Å². The molecule has 1 fully saturated rings. The molecule has 1 amide bonds. The second-order valence-corrected chi connectivity index (χ2v) is 7.80. The molecule has 8 heteroatoms. The van der Waals surface area contributed by atoms with Crippen molar-refractivity contribution in [1.29, 1.82) is 0 Å². The van der Waals surface area contributed by atoms with Crippen LogP contribution in [-0.4, -0.2) is 50.7 Å². The molecule has 1 aliphatic rings. The van der Waals surface area contributed by atoms with Crippen molar-refractivity contribution < 1.29 is 14.3 Å². The van der Waals surface area contributed by atoms with Crippen LogP contribution in [0.1, 0.15) is 37.2 Å². The van der Waals surface area contributed by atoms with E-state index in [1.807, 2.05) is 24.3 Å². The lowest BCUT2D eigenvalue weighted by Gasteiger charge is -2.21. The van der Waals surface area contributed by atoms with Crippen LogP contribution in [0.25, 0.3) is 16.6 Å². The number of hydrogen-bond donors (Lipinski definition) is 0. The van der Waals surface area contributed by atoms with Crippen LogP contribution in [0.3, 0.4) is 0 Å². The molecule has 1 saturated heterocycles. The number of esters is 1. The van der Waals surface area contributed by atoms with Crippen LogP contribution in [0.5, 0.6) is 0 Å². The Morgan fingerprint density at radius 2 is 1.93 bits per heavy atom. The van der Waals surface area contributed by atoms with Crippen LogP contribution >= 0.6 is 0 Å². The molecule has 2 aromatic heterocycles. The van der Waals surface area contributed by atoms with Crippen molar-refractivity contribution >= 4 is 28.4 Å². The summed E-state index contributed by atoms with van der Waals surface area (Å²) in [5, 5.41) is 4.45. The van der Waals surface area contributed by atoms with Crippen LogP contribution in [0.15, 0.2) is 35.1 Å². The molecule has 0 aliphatic carbocycles. The molecule has 152 valence electrons. The first-order valence-electron chi connectivity index (χ1n) is 9.82. The smallest absolute Gasteiger partial charge is 0.328 e. The predicted molar refractivity (Wildman–Crippen MR) is 108 cm³/mol. The zero-order chi connectivity index (χ0) is 20.7. The zero-order valence-electron chi connectivity index (χ0n) is 16.8. The molecule has 0 bridgehead atoms. The third kappa shape index (κ3) is 3.18. The van der Waals surface area contributed by atoms with Crippen LogP contribution in [0.2, 0.25) is 0 Å². The van der Waals surface area contributed by atoms with Crippen LogP contribution < -0.4 is 5.56 Å². The van der Waals surface area contributed by atoms with Gasteiger partial charge < -0.3 is 14.2 Å². The van der Waals surface area contributed by atoms with E-state index in [2.05, 4.69) is 18.9 Å². The lowest BCUT2D eigenvalue weighted by molar-refractivity contribution is -0.145. The Morgan fingerprint density at radius 1 is 1.21 bits per heavy atom. The van der Waals surface area contributed by atoms with Gasteiger partial charge in [0.1, 0.15) is 11.6 Å². The molecule has 1 aliphatic heterocycles. The first-order valence-corrected chi connectivity index (χ1v) is 9.82. The van der Waals surface area contributed by atoms with Crippen molar-refractivity contribution in [2.24, 2.45) is 5.92 Å². The molecule has 0 N–H and O–H groups in total. The van der Waals surface area contributed by atoms with Gasteiger partial charge in [0.15, 0.2) is 5.69 Å². The van der Waals surface area contributed by atoms with Gasteiger partial charge in [0, 0.05) is 19.2 Å². The normalized spacial score (nSPS) is 16.8. The Labute approximate surface area is 167 Å². The maximum Gasteiger partial charge on any atom is 0.328 e. The van der Waals surface area contributed by atoms with Crippen LogP contribution in [0.4, 0.5) is 0 Å². The molecule has 3 heterocycles. The Morgan fingerprint density at radius 3 is 2.62 bits per heavy atom. The highest BCUT2D eigenvalue weighted by Gasteiger charge is 2.36. The number of hydrogen-bond acceptors (Lipinski definition) is 5. The molecular weight excluding hydrogens is 372 g/mol. The molecule has 0 radical (unpaired) electrons. The minimum absolute atomic E-state index is 0.158. The Kier molecular flexibility index (Phi) is 4.86. The Bertz CT molecular complexity index is 1160. The number of likely N-dealkylation sites (tertiary alicyclic amines) is 1. The SMILES string of the molecule is COC(=O)[C@H]1CCCN1C(=O)c1cc2c(=O)n(CC(C)C)c3ccccc3n2n1. The van der Waals surface area contributed by atoms with Gasteiger partial charge in [0.25, 0.3) is 11.5 Å². The van der Waals surface area contributed by atoms with Gasteiger partial charge >= 0.3 is 5.97 Å². The summed E-state index contributed by atoms with van der Waals surface area (Å²) in [6.07, 6.45) is 1.29. The molecular formula is C21H24N4O4. The third-order valence-corrected chi connectivity index (χ3v) is 5.33. The molecule has 0 spiro atoms. The maximum atomic E-state index is 13.2. The highest BCUT2D eigenvalue weighted by molar-refractivity contribution is 5.97. The summed E-state index contributed by atoms with van der Waals surface area (Å²) in [5.74, 6) is -0.502. The number of aromatic nitrogens is 3. The number of ether oxygens (including phenoxy) is 1. The first-order chi connectivity index (χ1) is 13.9. The first kappa shape index (κ1) is 19.2. The summed E-state index contributed by atoms with van der Waals surface area (Å²) in [7, 11) is 1.32. The monoisotopic (exact) mass is 396 g/mol. The number of fused-ring (bicyclic) bond motifs is 3. The zero-order valence-corrected chi connectivity index (χ0v) is 16.8. The van der Waals surface area contributed by atoms with Gasteiger partial charge in [-0.3, -0.25) is 9.59 Å². The molecule has 0 unspecified atom stereocenters. The third-order valence-electron chi connectivity index (χ3n) is 5.33. The van der Waals surface area contributed by atoms with Gasteiger partial charge in [0.05, 0.1) is 18.1 Å².